The van der Waals surface area contributed by atoms with Crippen LogP contribution in [0.1, 0.15) is 44.7 Å². The van der Waals surface area contributed by atoms with Crippen molar-refractivity contribution in [2.45, 2.75) is 50.3 Å². The second-order valence-electron chi connectivity index (χ2n) is 8.81. The molecule has 1 amide bonds. The van der Waals surface area contributed by atoms with Crippen LogP contribution in [-0.4, -0.2) is 22.6 Å². The number of allylic oxidation sites excluding steroid dienone is 3. The Balaban J connectivity index is 0.00000225. The van der Waals surface area contributed by atoms with Crippen molar-refractivity contribution in [3.63, 3.8) is 0 Å². The smallest absolute Gasteiger partial charge is 0.224 e. The van der Waals surface area contributed by atoms with Crippen LogP contribution in [0.5, 0.6) is 0 Å². The number of benzene rings is 1. The van der Waals surface area contributed by atoms with Gasteiger partial charge in [0.2, 0.25) is 5.91 Å². The molecule has 28 heavy (non-hydrogen) atoms. The van der Waals surface area contributed by atoms with Crippen molar-refractivity contribution in [1.29, 1.82) is 0 Å². The number of carbonyl (C=O) groups excluding carboxylic acids is 1. The van der Waals surface area contributed by atoms with Gasteiger partial charge in [0.1, 0.15) is 0 Å². The molecule has 3 aliphatic rings. The van der Waals surface area contributed by atoms with Crippen LogP contribution >= 0.6 is 24.2 Å². The standard InChI is InChI=1S/C23H28N2OS.ClH/c1-22(2,3)17-9-7-16(8-10-17)14-25-21(26)18-15-27-23-12-5-4-6-20(23)24-13-11-19(18)23;/h4-10,13,18-19H,11-12,14-15H2,1-3H3,(H,25,26);1H. The number of hydrogen-bond acceptors (Lipinski definition) is 3. The summed E-state index contributed by atoms with van der Waals surface area (Å²) in [5.74, 6) is 1.48. The third-order valence-electron chi connectivity index (χ3n) is 6.06. The van der Waals surface area contributed by atoms with Gasteiger partial charge in [0.05, 0.1) is 16.4 Å². The van der Waals surface area contributed by atoms with Crippen LogP contribution in [0.2, 0.25) is 0 Å². The minimum atomic E-state index is 0. The zero-order chi connectivity index (χ0) is 19.1. The monoisotopic (exact) mass is 416 g/mol. The number of nitrogens with zero attached hydrogens (tertiary/aromatic N) is 1. The molecule has 3 atom stereocenters. The number of amides is 1. The Kier molecular flexibility index (Phi) is 6.11. The summed E-state index contributed by atoms with van der Waals surface area (Å²) >= 11 is 1.93. The number of hydrogen-bond donors (Lipinski definition) is 1. The molecule has 1 aliphatic carbocycles. The first-order valence-corrected chi connectivity index (χ1v) is 10.8. The van der Waals surface area contributed by atoms with Gasteiger partial charge in [-0.2, -0.15) is 0 Å². The van der Waals surface area contributed by atoms with E-state index in [0.29, 0.717) is 12.5 Å². The Hall–Kier alpha value is -1.52. The molecule has 0 aromatic heterocycles. The minimum Gasteiger partial charge on any atom is -0.352 e. The number of halogens is 1. The van der Waals surface area contributed by atoms with E-state index in [9.17, 15) is 4.79 Å². The van der Waals surface area contributed by atoms with Gasteiger partial charge in [0.15, 0.2) is 0 Å². The summed E-state index contributed by atoms with van der Waals surface area (Å²) < 4.78 is 0.0138. The van der Waals surface area contributed by atoms with Gasteiger partial charge in [-0.3, -0.25) is 9.79 Å². The molecule has 4 rings (SSSR count). The first-order chi connectivity index (χ1) is 12.9. The fraction of sp³-hybridized carbons (Fsp3) is 0.478. The van der Waals surface area contributed by atoms with Crippen molar-refractivity contribution in [2.75, 3.05) is 5.75 Å². The van der Waals surface area contributed by atoms with Crippen LogP contribution in [0.25, 0.3) is 0 Å². The highest BCUT2D eigenvalue weighted by molar-refractivity contribution is 8.01. The second kappa shape index (κ2) is 8.08. The average molecular weight is 417 g/mol. The first kappa shape index (κ1) is 21.2. The molecule has 1 aromatic carbocycles. The van der Waals surface area contributed by atoms with E-state index in [4.69, 9.17) is 0 Å². The van der Waals surface area contributed by atoms with Crippen molar-refractivity contribution in [1.82, 2.24) is 5.32 Å². The molecule has 2 aliphatic heterocycles. The molecule has 3 nitrogen and oxygen atoms in total. The third kappa shape index (κ3) is 3.81. The van der Waals surface area contributed by atoms with Crippen molar-refractivity contribution < 1.29 is 4.79 Å². The molecule has 3 unspecified atom stereocenters. The molecule has 1 saturated heterocycles. The highest BCUT2D eigenvalue weighted by Gasteiger charge is 2.54. The maximum atomic E-state index is 13.0. The van der Waals surface area contributed by atoms with Crippen LogP contribution in [-0.2, 0) is 16.8 Å². The summed E-state index contributed by atoms with van der Waals surface area (Å²) in [6, 6.07) is 8.60. The second-order valence-corrected chi connectivity index (χ2v) is 10.2. The molecule has 1 N–H and O–H groups in total. The normalized spacial score (nSPS) is 28.0. The summed E-state index contributed by atoms with van der Waals surface area (Å²) in [5, 5.41) is 3.19. The SMILES string of the molecule is CC(C)(C)c1ccc(CNC(=O)C2CSC34CC=CC=C3N=CCC24)cc1.Cl. The molecule has 1 aromatic rings. The fourth-order valence-corrected chi connectivity index (χ4v) is 6.20. The number of aliphatic imine (C=N–C) groups is 1. The van der Waals surface area contributed by atoms with Crippen LogP contribution < -0.4 is 5.32 Å². The molecular formula is C23H29ClN2OS. The van der Waals surface area contributed by atoms with E-state index in [1.807, 2.05) is 18.0 Å². The van der Waals surface area contributed by atoms with Crippen LogP contribution in [0.3, 0.4) is 0 Å². The van der Waals surface area contributed by atoms with E-state index in [2.05, 4.69) is 73.6 Å². The van der Waals surface area contributed by atoms with E-state index in [1.54, 1.807) is 0 Å². The molecule has 0 radical (unpaired) electrons. The van der Waals surface area contributed by atoms with E-state index >= 15 is 0 Å². The predicted molar refractivity (Wildman–Crippen MR) is 121 cm³/mol. The predicted octanol–water partition coefficient (Wildman–Crippen LogP) is 5.06. The van der Waals surface area contributed by atoms with Crippen molar-refractivity contribution >= 4 is 36.3 Å². The van der Waals surface area contributed by atoms with Gasteiger partial charge in [-0.1, -0.05) is 57.2 Å². The van der Waals surface area contributed by atoms with Crippen molar-refractivity contribution in [2.24, 2.45) is 16.8 Å². The van der Waals surface area contributed by atoms with E-state index in [1.165, 1.54) is 5.56 Å². The molecule has 0 bridgehead atoms. The Bertz CT molecular complexity index is 822. The molecular weight excluding hydrogens is 388 g/mol. The van der Waals surface area contributed by atoms with Gasteiger partial charge in [-0.05, 0) is 41.4 Å². The zero-order valence-corrected chi connectivity index (χ0v) is 18.4. The molecule has 1 spiro atoms. The van der Waals surface area contributed by atoms with E-state index in [0.717, 1.165) is 29.9 Å². The third-order valence-corrected chi connectivity index (χ3v) is 7.78. The van der Waals surface area contributed by atoms with E-state index in [-0.39, 0.29) is 34.4 Å². The maximum Gasteiger partial charge on any atom is 0.224 e. The lowest BCUT2D eigenvalue weighted by molar-refractivity contribution is -0.126. The number of carbonyl (C=O) groups is 1. The van der Waals surface area contributed by atoms with Gasteiger partial charge in [-0.25, -0.2) is 0 Å². The maximum absolute atomic E-state index is 13.0. The summed E-state index contributed by atoms with van der Waals surface area (Å²) in [5.41, 5.74) is 3.78. The molecule has 2 heterocycles. The number of rotatable bonds is 3. The van der Waals surface area contributed by atoms with Gasteiger partial charge < -0.3 is 5.32 Å². The lowest BCUT2D eigenvalue weighted by Crippen LogP contribution is -2.43. The van der Waals surface area contributed by atoms with Gasteiger partial charge in [-0.15, -0.1) is 24.2 Å². The Morgan fingerprint density at radius 1 is 1.29 bits per heavy atom. The lowest BCUT2D eigenvalue weighted by atomic mass is 9.73. The summed E-state index contributed by atoms with van der Waals surface area (Å²) in [4.78, 5) is 17.6. The van der Waals surface area contributed by atoms with Crippen molar-refractivity contribution in [3.05, 3.63) is 59.3 Å². The molecule has 0 saturated carbocycles. The average Bonchev–Trinajstić information content (AvgIpc) is 3.04. The molecule has 150 valence electrons. The summed E-state index contributed by atoms with van der Waals surface area (Å²) in [6.45, 7) is 7.25. The van der Waals surface area contributed by atoms with Crippen LogP contribution in [0, 0.1) is 11.8 Å². The Morgan fingerprint density at radius 3 is 2.75 bits per heavy atom. The minimum absolute atomic E-state index is 0. The topological polar surface area (TPSA) is 41.5 Å². The lowest BCUT2D eigenvalue weighted by Gasteiger charge is -2.39. The largest absolute Gasteiger partial charge is 0.352 e. The fourth-order valence-electron chi connectivity index (χ4n) is 4.38. The Labute approximate surface area is 178 Å². The highest BCUT2D eigenvalue weighted by atomic mass is 35.5. The first-order valence-electron chi connectivity index (χ1n) is 9.81. The number of nitrogens with one attached hydrogen (secondary N) is 1. The van der Waals surface area contributed by atoms with Crippen LogP contribution in [0.4, 0.5) is 0 Å². The quantitative estimate of drug-likeness (QED) is 0.748. The highest BCUT2D eigenvalue weighted by Crippen LogP contribution is 2.57. The van der Waals surface area contributed by atoms with Gasteiger partial charge in [0, 0.05) is 18.5 Å². The van der Waals surface area contributed by atoms with E-state index < -0.39 is 0 Å². The zero-order valence-electron chi connectivity index (χ0n) is 16.8. The van der Waals surface area contributed by atoms with Gasteiger partial charge >= 0.3 is 0 Å². The molecule has 5 heteroatoms. The summed E-state index contributed by atoms with van der Waals surface area (Å²) in [6.07, 6.45) is 10.3. The molecule has 1 fully saturated rings. The van der Waals surface area contributed by atoms with Gasteiger partial charge in [0.25, 0.3) is 0 Å². The van der Waals surface area contributed by atoms with Crippen LogP contribution in [0.15, 0.2) is 53.2 Å². The van der Waals surface area contributed by atoms with Crippen molar-refractivity contribution in [3.8, 4) is 0 Å². The summed E-state index contributed by atoms with van der Waals surface area (Å²) in [7, 11) is 0. The Morgan fingerprint density at radius 2 is 2.04 bits per heavy atom. The number of thioether (sulfide) groups is 1.